The van der Waals surface area contributed by atoms with Gasteiger partial charge in [0.25, 0.3) is 0 Å². The Morgan fingerprint density at radius 1 is 0.842 bits per heavy atom. The molecule has 0 spiro atoms. The zero-order valence-electron chi connectivity index (χ0n) is 11.2. The molecular formula is C18H20N. The maximum atomic E-state index is 4.22. The average Bonchev–Trinajstić information content (AvgIpc) is 2.49. The second kappa shape index (κ2) is 5.58. The van der Waals surface area contributed by atoms with Crippen molar-refractivity contribution in [2.24, 2.45) is 0 Å². The van der Waals surface area contributed by atoms with Gasteiger partial charge in [-0.05, 0) is 36.4 Å². The molecule has 2 aromatic carbocycles. The highest BCUT2D eigenvalue weighted by Crippen LogP contribution is 2.38. The van der Waals surface area contributed by atoms with Crippen LogP contribution < -0.4 is 0 Å². The summed E-state index contributed by atoms with van der Waals surface area (Å²) in [5.74, 6) is 0.657. The zero-order valence-corrected chi connectivity index (χ0v) is 11.2. The standard InChI is InChI=1S/C18H20N/c1-19-13-12-17(15-8-4-2-5-9-15)14-18(19)16-10-6-3-7-11-16/h2-11,17-18H,1,12-14H2. The fourth-order valence-electron chi connectivity index (χ4n) is 3.06. The molecule has 97 valence electrons. The minimum atomic E-state index is 0.445. The van der Waals surface area contributed by atoms with E-state index in [-0.39, 0.29) is 0 Å². The van der Waals surface area contributed by atoms with Gasteiger partial charge in [-0.25, -0.2) is 0 Å². The highest BCUT2D eigenvalue weighted by atomic mass is 15.1. The molecule has 3 rings (SSSR count). The minimum absolute atomic E-state index is 0.445. The Hall–Kier alpha value is -1.60. The fourth-order valence-corrected chi connectivity index (χ4v) is 3.06. The average molecular weight is 250 g/mol. The predicted molar refractivity (Wildman–Crippen MR) is 79.7 cm³/mol. The molecule has 1 fully saturated rings. The molecule has 1 aliphatic rings. The summed E-state index contributed by atoms with van der Waals surface area (Å²) in [6.07, 6.45) is 2.37. The number of hydrogen-bond acceptors (Lipinski definition) is 1. The van der Waals surface area contributed by atoms with Gasteiger partial charge in [0, 0.05) is 13.1 Å². The summed E-state index contributed by atoms with van der Waals surface area (Å²) in [7, 11) is 4.22. The summed E-state index contributed by atoms with van der Waals surface area (Å²) in [5, 5.41) is 0. The molecular weight excluding hydrogens is 230 g/mol. The minimum Gasteiger partial charge on any atom is -0.295 e. The SMILES string of the molecule is [CH2]N1CCC(c2ccccc2)CC1c1ccccc1. The van der Waals surface area contributed by atoms with E-state index in [4.69, 9.17) is 0 Å². The molecule has 1 saturated heterocycles. The van der Waals surface area contributed by atoms with Crippen LogP contribution in [0.5, 0.6) is 0 Å². The van der Waals surface area contributed by atoms with E-state index in [9.17, 15) is 0 Å². The topological polar surface area (TPSA) is 3.24 Å². The van der Waals surface area contributed by atoms with E-state index in [2.05, 4.69) is 72.6 Å². The zero-order chi connectivity index (χ0) is 13.1. The van der Waals surface area contributed by atoms with Gasteiger partial charge in [-0.1, -0.05) is 60.7 Å². The van der Waals surface area contributed by atoms with Crippen molar-refractivity contribution >= 4 is 0 Å². The van der Waals surface area contributed by atoms with Crippen molar-refractivity contribution in [3.63, 3.8) is 0 Å². The quantitative estimate of drug-likeness (QED) is 0.763. The van der Waals surface area contributed by atoms with Crippen LogP contribution in [-0.2, 0) is 0 Å². The maximum absolute atomic E-state index is 4.22. The number of hydrogen-bond donors (Lipinski definition) is 0. The number of piperidine rings is 1. The first-order valence-corrected chi connectivity index (χ1v) is 7.01. The number of rotatable bonds is 2. The third-order valence-electron chi connectivity index (χ3n) is 4.17. The van der Waals surface area contributed by atoms with Crippen molar-refractivity contribution in [1.82, 2.24) is 4.90 Å². The van der Waals surface area contributed by atoms with Crippen molar-refractivity contribution in [2.75, 3.05) is 6.54 Å². The van der Waals surface area contributed by atoms with Crippen molar-refractivity contribution in [3.8, 4) is 0 Å². The molecule has 2 atom stereocenters. The number of nitrogens with zero attached hydrogens (tertiary/aromatic N) is 1. The largest absolute Gasteiger partial charge is 0.295 e. The Bertz CT molecular complexity index is 506. The summed E-state index contributed by atoms with van der Waals surface area (Å²) in [5.41, 5.74) is 2.86. The van der Waals surface area contributed by atoms with E-state index in [0.717, 1.165) is 13.0 Å². The lowest BCUT2D eigenvalue weighted by Crippen LogP contribution is -2.31. The summed E-state index contributed by atoms with van der Waals surface area (Å²) in [6.45, 7) is 1.07. The lowest BCUT2D eigenvalue weighted by molar-refractivity contribution is 0.192. The molecule has 19 heavy (non-hydrogen) atoms. The van der Waals surface area contributed by atoms with Gasteiger partial charge in [-0.3, -0.25) is 4.90 Å². The second-order valence-electron chi connectivity index (χ2n) is 5.37. The maximum Gasteiger partial charge on any atom is 0.0354 e. The number of benzene rings is 2. The highest BCUT2D eigenvalue weighted by molar-refractivity contribution is 5.24. The Balaban J connectivity index is 1.82. The molecule has 1 aliphatic heterocycles. The summed E-state index contributed by atoms with van der Waals surface area (Å²) >= 11 is 0. The van der Waals surface area contributed by atoms with Gasteiger partial charge < -0.3 is 0 Å². The van der Waals surface area contributed by atoms with E-state index in [1.165, 1.54) is 17.5 Å². The van der Waals surface area contributed by atoms with Crippen LogP contribution in [0.2, 0.25) is 0 Å². The highest BCUT2D eigenvalue weighted by Gasteiger charge is 2.27. The van der Waals surface area contributed by atoms with Crippen molar-refractivity contribution in [3.05, 3.63) is 78.8 Å². The van der Waals surface area contributed by atoms with Crippen molar-refractivity contribution in [2.45, 2.75) is 24.8 Å². The van der Waals surface area contributed by atoms with E-state index in [1.807, 2.05) is 0 Å². The van der Waals surface area contributed by atoms with Gasteiger partial charge in [0.05, 0.1) is 0 Å². The Morgan fingerprint density at radius 2 is 1.42 bits per heavy atom. The molecule has 0 aromatic heterocycles. The molecule has 1 nitrogen and oxygen atoms in total. The third-order valence-corrected chi connectivity index (χ3v) is 4.17. The first kappa shape index (κ1) is 12.4. The van der Waals surface area contributed by atoms with Crippen LogP contribution >= 0.6 is 0 Å². The normalized spacial score (nSPS) is 24.3. The molecule has 2 aromatic rings. The lowest BCUT2D eigenvalue weighted by Gasteiger charge is -2.37. The van der Waals surface area contributed by atoms with E-state index in [1.54, 1.807) is 0 Å². The van der Waals surface area contributed by atoms with Gasteiger partial charge in [-0.15, -0.1) is 0 Å². The van der Waals surface area contributed by atoms with Crippen LogP contribution in [-0.4, -0.2) is 11.4 Å². The van der Waals surface area contributed by atoms with Crippen molar-refractivity contribution < 1.29 is 0 Å². The summed E-state index contributed by atoms with van der Waals surface area (Å²) in [4.78, 5) is 2.24. The van der Waals surface area contributed by atoms with Gasteiger partial charge in [-0.2, -0.15) is 0 Å². The Labute approximate surface area is 115 Å². The molecule has 0 saturated carbocycles. The Morgan fingerprint density at radius 3 is 2.05 bits per heavy atom. The second-order valence-corrected chi connectivity index (χ2v) is 5.37. The van der Waals surface area contributed by atoms with Crippen LogP contribution in [0.1, 0.15) is 35.9 Å². The summed E-state index contributed by atoms with van der Waals surface area (Å²) < 4.78 is 0. The van der Waals surface area contributed by atoms with Gasteiger partial charge >= 0.3 is 0 Å². The van der Waals surface area contributed by atoms with Gasteiger partial charge in [0.15, 0.2) is 0 Å². The van der Waals surface area contributed by atoms with Crippen LogP contribution in [0.4, 0.5) is 0 Å². The van der Waals surface area contributed by atoms with Crippen LogP contribution in [0.3, 0.4) is 0 Å². The molecule has 1 heteroatoms. The molecule has 2 unspecified atom stereocenters. The molecule has 1 heterocycles. The lowest BCUT2D eigenvalue weighted by atomic mass is 9.83. The fraction of sp³-hybridized carbons (Fsp3) is 0.278. The van der Waals surface area contributed by atoms with Crippen LogP contribution in [0.15, 0.2) is 60.7 Å². The van der Waals surface area contributed by atoms with Gasteiger partial charge in [0.1, 0.15) is 0 Å². The molecule has 0 aliphatic carbocycles. The first-order valence-electron chi connectivity index (χ1n) is 7.01. The van der Waals surface area contributed by atoms with Crippen molar-refractivity contribution in [1.29, 1.82) is 0 Å². The summed E-state index contributed by atoms with van der Waals surface area (Å²) in [6, 6.07) is 22.1. The molecule has 1 radical (unpaired) electrons. The smallest absolute Gasteiger partial charge is 0.0354 e. The predicted octanol–water partition coefficient (Wildman–Crippen LogP) is 4.40. The van der Waals surface area contributed by atoms with E-state index >= 15 is 0 Å². The van der Waals surface area contributed by atoms with E-state index in [0.29, 0.717) is 12.0 Å². The Kier molecular flexibility index (Phi) is 3.65. The van der Waals surface area contributed by atoms with Gasteiger partial charge in [0.2, 0.25) is 0 Å². The monoisotopic (exact) mass is 250 g/mol. The number of likely N-dealkylation sites (tertiary alicyclic amines) is 1. The van der Waals surface area contributed by atoms with E-state index < -0.39 is 0 Å². The molecule has 0 bridgehead atoms. The molecule has 0 N–H and O–H groups in total. The van der Waals surface area contributed by atoms with Crippen LogP contribution in [0, 0.1) is 7.05 Å². The van der Waals surface area contributed by atoms with Crippen LogP contribution in [0.25, 0.3) is 0 Å². The first-order chi connectivity index (χ1) is 9.34. The molecule has 0 amide bonds. The third kappa shape index (κ3) is 2.71.